The van der Waals surface area contributed by atoms with Crippen molar-refractivity contribution in [2.45, 2.75) is 18.6 Å². The van der Waals surface area contributed by atoms with E-state index >= 15 is 0 Å². The SMILES string of the molecule is Oc1ccc(Br)c([C@@H]2Nc3ccc(F)cc3[C@H]3OCC[C@H]32)c1. The van der Waals surface area contributed by atoms with Gasteiger partial charge < -0.3 is 15.2 Å². The van der Waals surface area contributed by atoms with Gasteiger partial charge in [-0.1, -0.05) is 15.9 Å². The summed E-state index contributed by atoms with van der Waals surface area (Å²) in [7, 11) is 0. The topological polar surface area (TPSA) is 41.5 Å². The Morgan fingerprint density at radius 3 is 2.91 bits per heavy atom. The van der Waals surface area contributed by atoms with Crippen molar-refractivity contribution in [3.8, 4) is 5.75 Å². The molecule has 0 unspecified atom stereocenters. The minimum atomic E-state index is -0.244. The second kappa shape index (κ2) is 5.25. The van der Waals surface area contributed by atoms with Crippen molar-refractivity contribution < 1.29 is 14.2 Å². The predicted octanol–water partition coefficient (Wildman–Crippen LogP) is 4.54. The maximum absolute atomic E-state index is 13.6. The van der Waals surface area contributed by atoms with Gasteiger partial charge in [0.1, 0.15) is 11.6 Å². The molecule has 3 atom stereocenters. The molecule has 2 aliphatic heterocycles. The van der Waals surface area contributed by atoms with Gasteiger partial charge >= 0.3 is 0 Å². The van der Waals surface area contributed by atoms with Gasteiger partial charge in [0.15, 0.2) is 0 Å². The molecule has 2 N–H and O–H groups in total. The van der Waals surface area contributed by atoms with Crippen LogP contribution in [0, 0.1) is 11.7 Å². The summed E-state index contributed by atoms with van der Waals surface area (Å²) < 4.78 is 20.4. The zero-order valence-electron chi connectivity index (χ0n) is 11.7. The van der Waals surface area contributed by atoms with E-state index in [4.69, 9.17) is 4.74 Å². The minimum absolute atomic E-state index is 0.0203. The number of hydrogen-bond donors (Lipinski definition) is 2. The molecule has 0 saturated carbocycles. The summed E-state index contributed by atoms with van der Waals surface area (Å²) >= 11 is 3.56. The molecule has 4 rings (SSSR count). The lowest BCUT2D eigenvalue weighted by atomic mass is 9.81. The normalized spacial score (nSPS) is 26.2. The standard InChI is InChI=1S/C17H15BrFNO2/c18-14-3-2-10(21)8-12(14)16-11-5-6-22-17(11)13-7-9(19)1-4-15(13)20-16/h1-4,7-8,11,16-17,20-21H,5-6H2/t11-,16+,17-/m0/s1. The average Bonchev–Trinajstić information content (AvgIpc) is 2.99. The van der Waals surface area contributed by atoms with Crippen molar-refractivity contribution in [2.24, 2.45) is 5.92 Å². The number of fused-ring (bicyclic) bond motifs is 3. The molecular weight excluding hydrogens is 349 g/mol. The van der Waals surface area contributed by atoms with Gasteiger partial charge in [0.2, 0.25) is 0 Å². The Labute approximate surface area is 136 Å². The summed E-state index contributed by atoms with van der Waals surface area (Å²) in [6, 6.07) is 10.1. The highest BCUT2D eigenvalue weighted by molar-refractivity contribution is 9.10. The molecule has 2 aromatic carbocycles. The fourth-order valence-electron chi connectivity index (χ4n) is 3.52. The van der Waals surface area contributed by atoms with Gasteiger partial charge in [-0.2, -0.15) is 0 Å². The van der Waals surface area contributed by atoms with Crippen molar-refractivity contribution in [3.63, 3.8) is 0 Å². The number of hydrogen-bond acceptors (Lipinski definition) is 3. The van der Waals surface area contributed by atoms with Gasteiger partial charge in [0.25, 0.3) is 0 Å². The molecule has 5 heteroatoms. The fraction of sp³-hybridized carbons (Fsp3) is 0.294. The van der Waals surface area contributed by atoms with Crippen LogP contribution in [0.2, 0.25) is 0 Å². The predicted molar refractivity (Wildman–Crippen MR) is 85.4 cm³/mol. The number of rotatable bonds is 1. The number of aromatic hydroxyl groups is 1. The lowest BCUT2D eigenvalue weighted by Gasteiger charge is -2.37. The van der Waals surface area contributed by atoms with Gasteiger partial charge in [0, 0.05) is 28.2 Å². The van der Waals surface area contributed by atoms with Crippen LogP contribution < -0.4 is 5.32 Å². The number of benzene rings is 2. The first-order valence-corrected chi connectivity index (χ1v) is 8.09. The highest BCUT2D eigenvalue weighted by Crippen LogP contribution is 2.51. The number of anilines is 1. The minimum Gasteiger partial charge on any atom is -0.508 e. The van der Waals surface area contributed by atoms with Gasteiger partial charge in [-0.25, -0.2) is 4.39 Å². The fourth-order valence-corrected chi connectivity index (χ4v) is 4.01. The van der Waals surface area contributed by atoms with Crippen molar-refractivity contribution in [1.82, 2.24) is 0 Å². The largest absolute Gasteiger partial charge is 0.508 e. The maximum Gasteiger partial charge on any atom is 0.123 e. The molecule has 0 bridgehead atoms. The molecule has 114 valence electrons. The Bertz CT molecular complexity index is 737. The van der Waals surface area contributed by atoms with E-state index < -0.39 is 0 Å². The molecule has 0 aromatic heterocycles. The summed E-state index contributed by atoms with van der Waals surface area (Å²) in [6.45, 7) is 0.667. The number of nitrogens with one attached hydrogen (secondary N) is 1. The molecular formula is C17H15BrFNO2. The smallest absolute Gasteiger partial charge is 0.123 e. The number of halogens is 2. The molecule has 22 heavy (non-hydrogen) atoms. The van der Waals surface area contributed by atoms with Gasteiger partial charge in [-0.05, 0) is 48.4 Å². The van der Waals surface area contributed by atoms with Crippen molar-refractivity contribution in [2.75, 3.05) is 11.9 Å². The maximum atomic E-state index is 13.6. The molecule has 2 aromatic rings. The van der Waals surface area contributed by atoms with Gasteiger partial charge in [-0.3, -0.25) is 0 Å². The summed E-state index contributed by atoms with van der Waals surface area (Å²) in [6.07, 6.45) is 0.798. The number of phenols is 1. The third-order valence-electron chi connectivity index (χ3n) is 4.51. The third-order valence-corrected chi connectivity index (χ3v) is 5.23. The van der Waals surface area contributed by atoms with Crippen LogP contribution in [0.4, 0.5) is 10.1 Å². The highest BCUT2D eigenvalue weighted by Gasteiger charge is 2.42. The van der Waals surface area contributed by atoms with E-state index in [0.29, 0.717) is 6.61 Å². The third kappa shape index (κ3) is 2.20. The zero-order chi connectivity index (χ0) is 15.3. The lowest BCUT2D eigenvalue weighted by Crippen LogP contribution is -2.29. The van der Waals surface area contributed by atoms with Crippen molar-refractivity contribution in [3.05, 3.63) is 57.8 Å². The van der Waals surface area contributed by atoms with Crippen LogP contribution in [0.15, 0.2) is 40.9 Å². The second-order valence-electron chi connectivity index (χ2n) is 5.80. The first-order valence-electron chi connectivity index (χ1n) is 7.29. The lowest BCUT2D eigenvalue weighted by molar-refractivity contribution is 0.0826. The molecule has 0 aliphatic carbocycles. The summed E-state index contributed by atoms with van der Waals surface area (Å²) in [4.78, 5) is 0. The monoisotopic (exact) mass is 363 g/mol. The van der Waals surface area contributed by atoms with E-state index in [1.807, 2.05) is 6.07 Å². The summed E-state index contributed by atoms with van der Waals surface area (Å²) in [5.41, 5.74) is 2.77. The summed E-state index contributed by atoms with van der Waals surface area (Å²) in [5.74, 6) is 0.208. The van der Waals surface area contributed by atoms with Crippen molar-refractivity contribution in [1.29, 1.82) is 0 Å². The van der Waals surface area contributed by atoms with Crippen LogP contribution in [0.25, 0.3) is 0 Å². The van der Waals surface area contributed by atoms with Crippen molar-refractivity contribution >= 4 is 21.6 Å². The Hall–Kier alpha value is -1.59. The zero-order valence-corrected chi connectivity index (χ0v) is 13.3. The molecule has 1 fully saturated rings. The van der Waals surface area contributed by atoms with Crippen LogP contribution in [-0.2, 0) is 4.74 Å². The van der Waals surface area contributed by atoms with E-state index in [1.165, 1.54) is 6.07 Å². The molecule has 0 radical (unpaired) electrons. The quantitative estimate of drug-likeness (QED) is 0.781. The number of ether oxygens (including phenoxy) is 1. The molecule has 2 aliphatic rings. The summed E-state index contributed by atoms with van der Waals surface area (Å²) in [5, 5.41) is 13.3. The molecule has 1 saturated heterocycles. The van der Waals surface area contributed by atoms with Crippen LogP contribution in [0.5, 0.6) is 5.75 Å². The Kier molecular flexibility index (Phi) is 3.35. The molecule has 3 nitrogen and oxygen atoms in total. The Balaban J connectivity index is 1.82. The van der Waals surface area contributed by atoms with Crippen LogP contribution >= 0.6 is 15.9 Å². The van der Waals surface area contributed by atoms with E-state index in [2.05, 4.69) is 21.2 Å². The van der Waals surface area contributed by atoms with E-state index in [9.17, 15) is 9.50 Å². The molecule has 0 spiro atoms. The molecule has 0 amide bonds. The first-order chi connectivity index (χ1) is 10.6. The van der Waals surface area contributed by atoms with E-state index in [-0.39, 0.29) is 29.6 Å². The molecule has 2 heterocycles. The van der Waals surface area contributed by atoms with Crippen LogP contribution in [-0.4, -0.2) is 11.7 Å². The second-order valence-corrected chi connectivity index (χ2v) is 6.66. The van der Waals surface area contributed by atoms with Gasteiger partial charge in [-0.15, -0.1) is 0 Å². The number of phenolic OH excluding ortho intramolecular Hbond substituents is 1. The highest BCUT2D eigenvalue weighted by atomic mass is 79.9. The Morgan fingerprint density at radius 2 is 2.05 bits per heavy atom. The van der Waals surface area contributed by atoms with E-state index in [0.717, 1.165) is 27.7 Å². The van der Waals surface area contributed by atoms with Gasteiger partial charge in [0.05, 0.1) is 12.1 Å². The first kappa shape index (κ1) is 14.0. The van der Waals surface area contributed by atoms with E-state index in [1.54, 1.807) is 24.3 Å². The van der Waals surface area contributed by atoms with Crippen LogP contribution in [0.3, 0.4) is 0 Å². The average molecular weight is 364 g/mol. The Morgan fingerprint density at radius 1 is 1.18 bits per heavy atom. The van der Waals surface area contributed by atoms with Crippen LogP contribution in [0.1, 0.15) is 29.7 Å².